The van der Waals surface area contributed by atoms with Gasteiger partial charge in [0.2, 0.25) is 0 Å². The second-order valence-corrected chi connectivity index (χ2v) is 3.90. The standard InChI is InChI=1S/C11H21N3O2/c1-9(12)14-8-6-4-5-7-11(2,13)10(15)16-3/h4,6H,5,7-8,13H2,1-3H3,(H2,12,14). The van der Waals surface area contributed by atoms with Crippen LogP contribution in [0, 0.1) is 0 Å². The van der Waals surface area contributed by atoms with E-state index < -0.39 is 11.5 Å². The largest absolute Gasteiger partial charge is 0.468 e. The van der Waals surface area contributed by atoms with Gasteiger partial charge in [-0.25, -0.2) is 0 Å². The monoisotopic (exact) mass is 227 g/mol. The molecule has 0 aliphatic carbocycles. The average molecular weight is 227 g/mol. The van der Waals surface area contributed by atoms with E-state index in [2.05, 4.69) is 9.73 Å². The third-order valence-electron chi connectivity index (χ3n) is 2.09. The molecule has 1 atom stereocenters. The van der Waals surface area contributed by atoms with Gasteiger partial charge in [-0.15, -0.1) is 0 Å². The number of nitrogens with zero attached hydrogens (tertiary/aromatic N) is 1. The Hall–Kier alpha value is -1.36. The van der Waals surface area contributed by atoms with Crippen LogP contribution in [0.5, 0.6) is 0 Å². The minimum Gasteiger partial charge on any atom is -0.468 e. The molecule has 5 heteroatoms. The molecule has 0 aliphatic rings. The van der Waals surface area contributed by atoms with Gasteiger partial charge >= 0.3 is 5.97 Å². The summed E-state index contributed by atoms with van der Waals surface area (Å²) in [6.07, 6.45) is 5.08. The number of aliphatic imine (C=N–C) groups is 1. The molecule has 4 N–H and O–H groups in total. The van der Waals surface area contributed by atoms with Gasteiger partial charge < -0.3 is 16.2 Å². The third-order valence-corrected chi connectivity index (χ3v) is 2.09. The number of allylic oxidation sites excluding steroid dienone is 1. The summed E-state index contributed by atoms with van der Waals surface area (Å²) >= 11 is 0. The molecule has 0 radical (unpaired) electrons. The van der Waals surface area contributed by atoms with E-state index in [9.17, 15) is 4.79 Å². The number of rotatable bonds is 6. The Morgan fingerprint density at radius 1 is 1.50 bits per heavy atom. The molecule has 1 unspecified atom stereocenters. The van der Waals surface area contributed by atoms with Crippen LogP contribution in [0.25, 0.3) is 0 Å². The van der Waals surface area contributed by atoms with Crippen molar-refractivity contribution in [2.75, 3.05) is 13.7 Å². The SMILES string of the molecule is COC(=O)C(C)(N)CCC=CCN=C(C)N. The predicted molar refractivity (Wildman–Crippen MR) is 65.1 cm³/mol. The maximum absolute atomic E-state index is 11.2. The number of ether oxygens (including phenoxy) is 1. The van der Waals surface area contributed by atoms with Crippen molar-refractivity contribution in [3.05, 3.63) is 12.2 Å². The van der Waals surface area contributed by atoms with Crippen LogP contribution in [0.2, 0.25) is 0 Å². The number of esters is 1. The van der Waals surface area contributed by atoms with Crippen LogP contribution in [0.4, 0.5) is 0 Å². The molecule has 5 nitrogen and oxygen atoms in total. The van der Waals surface area contributed by atoms with Crippen molar-refractivity contribution in [3.63, 3.8) is 0 Å². The summed E-state index contributed by atoms with van der Waals surface area (Å²) in [4.78, 5) is 15.2. The topological polar surface area (TPSA) is 90.7 Å². The summed E-state index contributed by atoms with van der Waals surface area (Å²) in [6, 6.07) is 0. The lowest BCUT2D eigenvalue weighted by molar-refractivity contribution is -0.146. The number of hydrogen-bond acceptors (Lipinski definition) is 4. The number of carbonyl (C=O) groups excluding carboxylic acids is 1. The van der Waals surface area contributed by atoms with Gasteiger partial charge in [0.1, 0.15) is 5.54 Å². The van der Waals surface area contributed by atoms with E-state index in [1.807, 2.05) is 12.2 Å². The lowest BCUT2D eigenvalue weighted by Gasteiger charge is -2.20. The van der Waals surface area contributed by atoms with E-state index >= 15 is 0 Å². The first kappa shape index (κ1) is 14.6. The molecule has 0 saturated carbocycles. The van der Waals surface area contributed by atoms with Crippen molar-refractivity contribution in [1.29, 1.82) is 0 Å². The van der Waals surface area contributed by atoms with Gasteiger partial charge in [0.25, 0.3) is 0 Å². The first-order chi connectivity index (χ1) is 7.40. The highest BCUT2D eigenvalue weighted by Crippen LogP contribution is 2.10. The Kier molecular flexibility index (Phi) is 6.41. The Labute approximate surface area is 96.5 Å². The van der Waals surface area contributed by atoms with Gasteiger partial charge in [-0.05, 0) is 26.7 Å². The smallest absolute Gasteiger partial charge is 0.325 e. The molecule has 0 bridgehead atoms. The fraction of sp³-hybridized carbons (Fsp3) is 0.636. The molecule has 0 aromatic heterocycles. The molecule has 0 aromatic rings. The van der Waals surface area contributed by atoms with Crippen LogP contribution >= 0.6 is 0 Å². The zero-order valence-electron chi connectivity index (χ0n) is 10.2. The molecule has 16 heavy (non-hydrogen) atoms. The first-order valence-electron chi connectivity index (χ1n) is 5.19. The summed E-state index contributed by atoms with van der Waals surface area (Å²) in [7, 11) is 1.34. The van der Waals surface area contributed by atoms with Crippen LogP contribution in [0.3, 0.4) is 0 Å². The summed E-state index contributed by atoms with van der Waals surface area (Å²) in [6.45, 7) is 3.96. The van der Waals surface area contributed by atoms with E-state index in [0.29, 0.717) is 25.2 Å². The molecule has 0 aromatic carbocycles. The Balaban J connectivity index is 3.89. The fourth-order valence-corrected chi connectivity index (χ4v) is 1.11. The Morgan fingerprint density at radius 3 is 2.62 bits per heavy atom. The number of carbonyl (C=O) groups is 1. The summed E-state index contributed by atoms with van der Waals surface area (Å²) in [5.41, 5.74) is 10.2. The predicted octanol–water partition coefficient (Wildman–Crippen LogP) is 0.590. The number of amidine groups is 1. The van der Waals surface area contributed by atoms with Crippen LogP contribution in [-0.4, -0.2) is 31.0 Å². The van der Waals surface area contributed by atoms with E-state index in [-0.39, 0.29) is 0 Å². The van der Waals surface area contributed by atoms with Crippen LogP contribution < -0.4 is 11.5 Å². The maximum atomic E-state index is 11.2. The van der Waals surface area contributed by atoms with Crippen LogP contribution in [0.15, 0.2) is 17.1 Å². The minimum atomic E-state index is -0.924. The van der Waals surface area contributed by atoms with Crippen molar-refractivity contribution in [3.8, 4) is 0 Å². The number of nitrogens with two attached hydrogens (primary N) is 2. The average Bonchev–Trinajstić information content (AvgIpc) is 2.21. The van der Waals surface area contributed by atoms with Gasteiger partial charge in [0, 0.05) is 0 Å². The molecule has 0 heterocycles. The van der Waals surface area contributed by atoms with Crippen molar-refractivity contribution in [2.45, 2.75) is 32.2 Å². The normalized spacial score (nSPS) is 16.1. The summed E-state index contributed by atoms with van der Waals surface area (Å²) < 4.78 is 4.60. The van der Waals surface area contributed by atoms with Gasteiger partial charge in [-0.2, -0.15) is 0 Å². The highest BCUT2D eigenvalue weighted by Gasteiger charge is 2.27. The highest BCUT2D eigenvalue weighted by atomic mass is 16.5. The molecule has 0 aliphatic heterocycles. The lowest BCUT2D eigenvalue weighted by atomic mass is 9.97. The molecule has 0 rings (SSSR count). The number of methoxy groups -OCH3 is 1. The van der Waals surface area contributed by atoms with Gasteiger partial charge in [0.15, 0.2) is 0 Å². The molecular weight excluding hydrogens is 206 g/mol. The molecule has 0 fully saturated rings. The minimum absolute atomic E-state index is 0.392. The lowest BCUT2D eigenvalue weighted by Crippen LogP contribution is -2.45. The molecular formula is C11H21N3O2. The quantitative estimate of drug-likeness (QED) is 0.301. The second kappa shape index (κ2) is 7.00. The van der Waals surface area contributed by atoms with Crippen LogP contribution in [0.1, 0.15) is 26.7 Å². The second-order valence-electron chi connectivity index (χ2n) is 3.90. The van der Waals surface area contributed by atoms with E-state index in [4.69, 9.17) is 11.5 Å². The van der Waals surface area contributed by atoms with Crippen molar-refractivity contribution < 1.29 is 9.53 Å². The zero-order valence-corrected chi connectivity index (χ0v) is 10.2. The first-order valence-corrected chi connectivity index (χ1v) is 5.19. The zero-order chi connectivity index (χ0) is 12.6. The number of hydrogen-bond donors (Lipinski definition) is 2. The Bertz CT molecular complexity index is 279. The summed E-state index contributed by atoms with van der Waals surface area (Å²) in [5, 5.41) is 0. The molecule has 0 saturated heterocycles. The highest BCUT2D eigenvalue weighted by molar-refractivity contribution is 5.79. The molecule has 0 spiro atoms. The van der Waals surface area contributed by atoms with Crippen molar-refractivity contribution in [1.82, 2.24) is 0 Å². The van der Waals surface area contributed by atoms with Crippen molar-refractivity contribution >= 4 is 11.8 Å². The summed E-state index contributed by atoms with van der Waals surface area (Å²) in [5.74, 6) is 0.166. The van der Waals surface area contributed by atoms with Crippen molar-refractivity contribution in [2.24, 2.45) is 16.5 Å². The van der Waals surface area contributed by atoms with Gasteiger partial charge in [0.05, 0.1) is 19.5 Å². The fourth-order valence-electron chi connectivity index (χ4n) is 1.11. The van der Waals surface area contributed by atoms with Gasteiger partial charge in [-0.3, -0.25) is 9.79 Å². The van der Waals surface area contributed by atoms with E-state index in [0.717, 1.165) is 0 Å². The van der Waals surface area contributed by atoms with E-state index in [1.54, 1.807) is 13.8 Å². The molecule has 92 valence electrons. The van der Waals surface area contributed by atoms with Gasteiger partial charge in [-0.1, -0.05) is 12.2 Å². The van der Waals surface area contributed by atoms with E-state index in [1.165, 1.54) is 7.11 Å². The molecule has 0 amide bonds. The van der Waals surface area contributed by atoms with Crippen LogP contribution in [-0.2, 0) is 9.53 Å². The maximum Gasteiger partial charge on any atom is 0.325 e. The Morgan fingerprint density at radius 2 is 2.12 bits per heavy atom. The third kappa shape index (κ3) is 6.19.